The van der Waals surface area contributed by atoms with Gasteiger partial charge in [-0.15, -0.1) is 0 Å². The van der Waals surface area contributed by atoms with Crippen LogP contribution in [0.1, 0.15) is 40.0 Å². The molecule has 11 heavy (non-hydrogen) atoms. The third kappa shape index (κ3) is 2.48. The summed E-state index contributed by atoms with van der Waals surface area (Å²) in [5.41, 5.74) is 0. The van der Waals surface area contributed by atoms with E-state index >= 15 is 0 Å². The van der Waals surface area contributed by atoms with E-state index in [0.29, 0.717) is 6.10 Å². The van der Waals surface area contributed by atoms with Crippen molar-refractivity contribution in [2.24, 2.45) is 11.8 Å². The van der Waals surface area contributed by atoms with Crippen molar-refractivity contribution in [3.05, 3.63) is 0 Å². The fourth-order valence-corrected chi connectivity index (χ4v) is 1.77. The second kappa shape index (κ2) is 4.10. The number of ether oxygens (including phenoxy) is 1. The van der Waals surface area contributed by atoms with Crippen molar-refractivity contribution in [2.75, 3.05) is 6.61 Å². The Hall–Kier alpha value is -0.0400. The van der Waals surface area contributed by atoms with Crippen molar-refractivity contribution in [2.45, 2.75) is 46.1 Å². The van der Waals surface area contributed by atoms with E-state index in [1.807, 2.05) is 0 Å². The number of hydrogen-bond acceptors (Lipinski definition) is 1. The maximum Gasteiger partial charge on any atom is 0.0576 e. The zero-order chi connectivity index (χ0) is 8.27. The summed E-state index contributed by atoms with van der Waals surface area (Å²) in [4.78, 5) is 0. The smallest absolute Gasteiger partial charge is 0.0576 e. The molecule has 3 unspecified atom stereocenters. The van der Waals surface area contributed by atoms with Crippen LogP contribution in [-0.4, -0.2) is 12.7 Å². The van der Waals surface area contributed by atoms with E-state index in [-0.39, 0.29) is 0 Å². The van der Waals surface area contributed by atoms with Gasteiger partial charge in [0.05, 0.1) is 6.10 Å². The van der Waals surface area contributed by atoms with Crippen LogP contribution in [0.25, 0.3) is 0 Å². The molecule has 0 N–H and O–H groups in total. The Kier molecular flexibility index (Phi) is 3.38. The van der Waals surface area contributed by atoms with Crippen LogP contribution in [0.5, 0.6) is 0 Å². The van der Waals surface area contributed by atoms with Gasteiger partial charge >= 0.3 is 0 Å². The minimum atomic E-state index is 0.518. The summed E-state index contributed by atoms with van der Waals surface area (Å²) in [7, 11) is 0. The molecule has 1 fully saturated rings. The summed E-state index contributed by atoms with van der Waals surface area (Å²) in [6.45, 7) is 7.80. The molecule has 0 aliphatic carbocycles. The molecule has 1 saturated heterocycles. The summed E-state index contributed by atoms with van der Waals surface area (Å²) < 4.78 is 5.51. The average Bonchev–Trinajstić information content (AvgIpc) is 2.37. The van der Waals surface area contributed by atoms with Crippen LogP contribution in [0.2, 0.25) is 0 Å². The normalized spacial score (nSPS) is 34.1. The lowest BCUT2D eigenvalue weighted by atomic mass is 9.90. The van der Waals surface area contributed by atoms with Gasteiger partial charge in [0.25, 0.3) is 0 Å². The molecule has 1 nitrogen and oxygen atoms in total. The maximum atomic E-state index is 5.51. The zero-order valence-electron chi connectivity index (χ0n) is 7.97. The van der Waals surface area contributed by atoms with Crippen LogP contribution >= 0.6 is 0 Å². The molecule has 0 saturated carbocycles. The Bertz CT molecular complexity index is 111. The Morgan fingerprint density at radius 2 is 2.27 bits per heavy atom. The number of rotatable bonds is 3. The maximum absolute atomic E-state index is 5.51. The van der Waals surface area contributed by atoms with Crippen LogP contribution in [0.15, 0.2) is 0 Å². The van der Waals surface area contributed by atoms with Gasteiger partial charge in [0.2, 0.25) is 0 Å². The summed E-state index contributed by atoms with van der Waals surface area (Å²) in [6, 6.07) is 0. The lowest BCUT2D eigenvalue weighted by Gasteiger charge is -2.17. The summed E-state index contributed by atoms with van der Waals surface area (Å²) in [5.74, 6) is 1.72. The molecule has 0 aromatic carbocycles. The minimum absolute atomic E-state index is 0.518. The van der Waals surface area contributed by atoms with Crippen LogP contribution in [-0.2, 0) is 4.74 Å². The standard InChI is InChI=1S/C10H20O/c1-4-8(2)7-10-5-6-11-9(10)3/h8-10H,4-7H2,1-3H3. The van der Waals surface area contributed by atoms with Crippen molar-refractivity contribution in [3.63, 3.8) is 0 Å². The molecule has 3 atom stereocenters. The van der Waals surface area contributed by atoms with Crippen molar-refractivity contribution >= 4 is 0 Å². The first-order chi connectivity index (χ1) is 5.24. The van der Waals surface area contributed by atoms with Crippen molar-refractivity contribution in [3.8, 4) is 0 Å². The second-order valence-electron chi connectivity index (χ2n) is 3.87. The Morgan fingerprint density at radius 3 is 2.73 bits per heavy atom. The molecule has 1 heteroatoms. The molecule has 0 bridgehead atoms. The monoisotopic (exact) mass is 156 g/mol. The Balaban J connectivity index is 2.24. The fourth-order valence-electron chi connectivity index (χ4n) is 1.77. The highest BCUT2D eigenvalue weighted by Gasteiger charge is 2.24. The molecule has 1 aliphatic rings. The minimum Gasteiger partial charge on any atom is -0.378 e. The van der Waals surface area contributed by atoms with E-state index < -0.39 is 0 Å². The van der Waals surface area contributed by atoms with E-state index in [2.05, 4.69) is 20.8 Å². The molecule has 0 spiro atoms. The lowest BCUT2D eigenvalue weighted by molar-refractivity contribution is 0.0997. The molecule has 0 aromatic rings. The quantitative estimate of drug-likeness (QED) is 0.610. The van der Waals surface area contributed by atoms with Crippen molar-refractivity contribution in [1.82, 2.24) is 0 Å². The molecular formula is C10H20O. The van der Waals surface area contributed by atoms with Gasteiger partial charge < -0.3 is 4.74 Å². The van der Waals surface area contributed by atoms with Gasteiger partial charge in [0.1, 0.15) is 0 Å². The van der Waals surface area contributed by atoms with Gasteiger partial charge in [-0.2, -0.15) is 0 Å². The van der Waals surface area contributed by atoms with Gasteiger partial charge in [-0.3, -0.25) is 0 Å². The second-order valence-corrected chi connectivity index (χ2v) is 3.87. The van der Waals surface area contributed by atoms with Gasteiger partial charge in [-0.25, -0.2) is 0 Å². The third-order valence-electron chi connectivity index (χ3n) is 2.94. The first kappa shape index (κ1) is 9.05. The summed E-state index contributed by atoms with van der Waals surface area (Å²) in [6.07, 6.45) is 4.47. The highest BCUT2D eigenvalue weighted by atomic mass is 16.5. The molecule has 1 rings (SSSR count). The van der Waals surface area contributed by atoms with Gasteiger partial charge in [-0.1, -0.05) is 20.3 Å². The molecule has 0 amide bonds. The summed E-state index contributed by atoms with van der Waals surface area (Å²) in [5, 5.41) is 0. The van der Waals surface area contributed by atoms with Gasteiger partial charge in [-0.05, 0) is 31.6 Å². The lowest BCUT2D eigenvalue weighted by Crippen LogP contribution is -2.14. The first-order valence-corrected chi connectivity index (χ1v) is 4.85. The fraction of sp³-hybridized carbons (Fsp3) is 1.00. The van der Waals surface area contributed by atoms with Crippen LogP contribution < -0.4 is 0 Å². The molecule has 66 valence electrons. The highest BCUT2D eigenvalue weighted by Crippen LogP contribution is 2.27. The van der Waals surface area contributed by atoms with Crippen LogP contribution in [0.4, 0.5) is 0 Å². The molecule has 0 aromatic heterocycles. The largest absolute Gasteiger partial charge is 0.378 e. The summed E-state index contributed by atoms with van der Waals surface area (Å²) >= 11 is 0. The van der Waals surface area contributed by atoms with E-state index in [9.17, 15) is 0 Å². The molecular weight excluding hydrogens is 136 g/mol. The van der Waals surface area contributed by atoms with Crippen molar-refractivity contribution in [1.29, 1.82) is 0 Å². The van der Waals surface area contributed by atoms with Gasteiger partial charge in [0.15, 0.2) is 0 Å². The third-order valence-corrected chi connectivity index (χ3v) is 2.94. The van der Waals surface area contributed by atoms with Gasteiger partial charge in [0, 0.05) is 6.61 Å². The first-order valence-electron chi connectivity index (χ1n) is 4.85. The average molecular weight is 156 g/mol. The predicted octanol–water partition coefficient (Wildman–Crippen LogP) is 2.85. The SMILES string of the molecule is CCC(C)CC1CCOC1C. The molecule has 1 heterocycles. The Labute approximate surface area is 70.1 Å². The van der Waals surface area contributed by atoms with E-state index in [1.54, 1.807) is 0 Å². The topological polar surface area (TPSA) is 9.23 Å². The highest BCUT2D eigenvalue weighted by molar-refractivity contribution is 4.73. The molecule has 0 radical (unpaired) electrons. The van der Waals surface area contributed by atoms with E-state index in [1.165, 1.54) is 19.3 Å². The number of hydrogen-bond donors (Lipinski definition) is 0. The Morgan fingerprint density at radius 1 is 1.55 bits per heavy atom. The van der Waals surface area contributed by atoms with E-state index in [0.717, 1.165) is 18.4 Å². The van der Waals surface area contributed by atoms with Crippen molar-refractivity contribution < 1.29 is 4.74 Å². The van der Waals surface area contributed by atoms with Crippen LogP contribution in [0.3, 0.4) is 0 Å². The zero-order valence-corrected chi connectivity index (χ0v) is 7.97. The predicted molar refractivity (Wildman–Crippen MR) is 47.6 cm³/mol. The van der Waals surface area contributed by atoms with E-state index in [4.69, 9.17) is 4.74 Å². The van der Waals surface area contributed by atoms with Crippen LogP contribution in [0, 0.1) is 11.8 Å². The molecule has 1 aliphatic heterocycles.